The van der Waals surface area contributed by atoms with Crippen LogP contribution >= 0.6 is 0 Å². The fraction of sp³-hybridized carbons (Fsp3) is 0.889. The van der Waals surface area contributed by atoms with Crippen molar-refractivity contribution in [3.63, 3.8) is 0 Å². The molecule has 0 aliphatic rings. The molecule has 0 rings (SSSR count). The summed E-state index contributed by atoms with van der Waals surface area (Å²) >= 11 is 0. The molecule has 6 nitrogen and oxygen atoms in total. The largest absolute Gasteiger partial charge is 0.462 e. The second kappa shape index (κ2) is 48.4. The standard InChI is InChI=1S/C54H103NO5/c1-4-7-10-13-16-19-22-25-26-27-29-30-33-36-39-42-45-50(60-54(59)47-44-41-38-35-32-24-21-18-15-12-9-6-3)48-53(58)55-51(49-56)52(57)46-43-40-37-34-31-28-23-20-17-14-11-8-5-2/h26-27,29-30,50-52,56-57H,4-25,28,31-49H2,1-3H3,(H,55,58)/b27-26+,30-29+. The van der Waals surface area contributed by atoms with Crippen molar-refractivity contribution in [3.8, 4) is 0 Å². The van der Waals surface area contributed by atoms with Crippen LogP contribution in [0.4, 0.5) is 0 Å². The number of hydrogen-bond acceptors (Lipinski definition) is 5. The van der Waals surface area contributed by atoms with Crippen LogP contribution in [0.25, 0.3) is 0 Å². The number of ether oxygens (including phenoxy) is 1. The highest BCUT2D eigenvalue weighted by Gasteiger charge is 2.24. The summed E-state index contributed by atoms with van der Waals surface area (Å²) in [7, 11) is 0. The molecule has 0 aromatic carbocycles. The summed E-state index contributed by atoms with van der Waals surface area (Å²) < 4.78 is 5.93. The van der Waals surface area contributed by atoms with Crippen molar-refractivity contribution >= 4 is 11.9 Å². The maximum absolute atomic E-state index is 13.2. The zero-order valence-corrected chi connectivity index (χ0v) is 40.4. The van der Waals surface area contributed by atoms with E-state index < -0.39 is 18.2 Å². The van der Waals surface area contributed by atoms with Gasteiger partial charge in [0.15, 0.2) is 0 Å². The third-order valence-corrected chi connectivity index (χ3v) is 12.3. The summed E-state index contributed by atoms with van der Waals surface area (Å²) in [6.45, 7) is 6.49. The molecule has 1 amide bonds. The topological polar surface area (TPSA) is 95.9 Å². The van der Waals surface area contributed by atoms with Crippen molar-refractivity contribution in [2.75, 3.05) is 6.61 Å². The molecule has 0 spiro atoms. The molecular weight excluding hydrogens is 743 g/mol. The number of esters is 1. The van der Waals surface area contributed by atoms with Gasteiger partial charge in [-0.1, -0.05) is 244 Å². The van der Waals surface area contributed by atoms with E-state index in [1.54, 1.807) is 0 Å². The normalized spacial score (nSPS) is 13.3. The third-order valence-electron chi connectivity index (χ3n) is 12.3. The van der Waals surface area contributed by atoms with Crippen molar-refractivity contribution in [2.45, 2.75) is 302 Å². The van der Waals surface area contributed by atoms with Crippen LogP contribution in [0, 0.1) is 0 Å². The molecule has 0 saturated carbocycles. The van der Waals surface area contributed by atoms with Gasteiger partial charge in [0.1, 0.15) is 6.10 Å². The minimum absolute atomic E-state index is 0.0651. The number of aliphatic hydroxyl groups is 2. The van der Waals surface area contributed by atoms with E-state index in [1.807, 2.05) is 0 Å². The number of carbonyl (C=O) groups is 2. The minimum Gasteiger partial charge on any atom is -0.462 e. The lowest BCUT2D eigenvalue weighted by Crippen LogP contribution is -2.46. The molecule has 354 valence electrons. The number of allylic oxidation sites excluding steroid dienone is 4. The Labute approximate surface area is 373 Å². The van der Waals surface area contributed by atoms with Gasteiger partial charge in [0.25, 0.3) is 0 Å². The summed E-state index contributed by atoms with van der Waals surface area (Å²) in [6.07, 6.45) is 55.2. The van der Waals surface area contributed by atoms with E-state index in [9.17, 15) is 19.8 Å². The van der Waals surface area contributed by atoms with Gasteiger partial charge in [0, 0.05) is 6.42 Å². The van der Waals surface area contributed by atoms with Crippen molar-refractivity contribution < 1.29 is 24.5 Å². The van der Waals surface area contributed by atoms with E-state index in [0.717, 1.165) is 64.2 Å². The molecule has 3 atom stereocenters. The highest BCUT2D eigenvalue weighted by Crippen LogP contribution is 2.18. The average molecular weight is 846 g/mol. The first-order valence-corrected chi connectivity index (χ1v) is 26.6. The lowest BCUT2D eigenvalue weighted by molar-refractivity contribution is -0.151. The predicted octanol–water partition coefficient (Wildman–Crippen LogP) is 15.9. The molecule has 0 heterocycles. The summed E-state index contributed by atoms with van der Waals surface area (Å²) in [4.78, 5) is 26.1. The Hall–Kier alpha value is -1.66. The lowest BCUT2D eigenvalue weighted by Gasteiger charge is -2.24. The van der Waals surface area contributed by atoms with E-state index in [2.05, 4.69) is 50.4 Å². The van der Waals surface area contributed by atoms with Crippen molar-refractivity contribution in [1.82, 2.24) is 5.32 Å². The van der Waals surface area contributed by atoms with Gasteiger partial charge in [-0.3, -0.25) is 9.59 Å². The van der Waals surface area contributed by atoms with Crippen molar-refractivity contribution in [3.05, 3.63) is 24.3 Å². The van der Waals surface area contributed by atoms with Gasteiger partial charge in [-0.25, -0.2) is 0 Å². The highest BCUT2D eigenvalue weighted by atomic mass is 16.5. The SMILES string of the molecule is CCCCCCCCC/C=C/C=C/CCCCCC(CC(=O)NC(CO)C(O)CCCCCCCCCCCCCCC)OC(=O)CCCCCCCCCCCCCC. The van der Waals surface area contributed by atoms with E-state index in [-0.39, 0.29) is 24.9 Å². The van der Waals surface area contributed by atoms with Gasteiger partial charge in [0.2, 0.25) is 5.91 Å². The van der Waals surface area contributed by atoms with E-state index in [1.165, 1.54) is 173 Å². The number of amides is 1. The molecule has 0 aromatic heterocycles. The second-order valence-corrected chi connectivity index (χ2v) is 18.3. The Morgan fingerprint density at radius 3 is 1.25 bits per heavy atom. The molecular formula is C54H103NO5. The molecule has 0 bridgehead atoms. The number of rotatable bonds is 48. The fourth-order valence-corrected chi connectivity index (χ4v) is 8.25. The molecule has 0 aromatic rings. The first-order chi connectivity index (χ1) is 29.5. The summed E-state index contributed by atoms with van der Waals surface area (Å²) in [5.41, 5.74) is 0. The van der Waals surface area contributed by atoms with Crippen molar-refractivity contribution in [2.24, 2.45) is 0 Å². The number of hydrogen-bond donors (Lipinski definition) is 3. The van der Waals surface area contributed by atoms with E-state index in [0.29, 0.717) is 19.3 Å². The van der Waals surface area contributed by atoms with Crippen LogP contribution in [0.3, 0.4) is 0 Å². The minimum atomic E-state index is -0.790. The zero-order chi connectivity index (χ0) is 43.8. The molecule has 0 radical (unpaired) electrons. The van der Waals surface area contributed by atoms with Crippen LogP contribution in [-0.4, -0.2) is 46.9 Å². The van der Waals surface area contributed by atoms with Gasteiger partial charge >= 0.3 is 5.97 Å². The van der Waals surface area contributed by atoms with Crippen LogP contribution in [0.2, 0.25) is 0 Å². The Kier molecular flexibility index (Phi) is 47.0. The molecule has 6 heteroatoms. The number of carbonyl (C=O) groups excluding carboxylic acids is 2. The van der Waals surface area contributed by atoms with Gasteiger partial charge in [-0.05, 0) is 51.4 Å². The summed E-state index contributed by atoms with van der Waals surface area (Å²) in [5, 5.41) is 23.8. The van der Waals surface area contributed by atoms with Crippen LogP contribution in [-0.2, 0) is 14.3 Å². The highest BCUT2D eigenvalue weighted by molar-refractivity contribution is 5.77. The van der Waals surface area contributed by atoms with Gasteiger partial charge in [-0.2, -0.15) is 0 Å². The first-order valence-electron chi connectivity index (χ1n) is 26.6. The quantitative estimate of drug-likeness (QED) is 0.0322. The summed E-state index contributed by atoms with van der Waals surface area (Å²) in [5.74, 6) is -0.486. The zero-order valence-electron chi connectivity index (χ0n) is 40.4. The van der Waals surface area contributed by atoms with Crippen LogP contribution in [0.5, 0.6) is 0 Å². The maximum Gasteiger partial charge on any atom is 0.306 e. The van der Waals surface area contributed by atoms with E-state index in [4.69, 9.17) is 4.74 Å². The van der Waals surface area contributed by atoms with E-state index >= 15 is 0 Å². The molecule has 3 unspecified atom stereocenters. The van der Waals surface area contributed by atoms with Crippen LogP contribution < -0.4 is 5.32 Å². The first kappa shape index (κ1) is 58.3. The van der Waals surface area contributed by atoms with Gasteiger partial charge < -0.3 is 20.3 Å². The monoisotopic (exact) mass is 846 g/mol. The molecule has 60 heavy (non-hydrogen) atoms. The molecule has 0 fully saturated rings. The Bertz CT molecular complexity index is 950. The molecule has 0 aliphatic heterocycles. The predicted molar refractivity (Wildman–Crippen MR) is 260 cm³/mol. The van der Waals surface area contributed by atoms with Crippen molar-refractivity contribution in [1.29, 1.82) is 0 Å². The Morgan fingerprint density at radius 1 is 0.483 bits per heavy atom. The van der Waals surface area contributed by atoms with Crippen LogP contribution in [0.1, 0.15) is 284 Å². The van der Waals surface area contributed by atoms with Gasteiger partial charge in [0.05, 0.1) is 25.2 Å². The molecule has 3 N–H and O–H groups in total. The lowest BCUT2D eigenvalue weighted by atomic mass is 10.0. The third kappa shape index (κ3) is 43.0. The Balaban J connectivity index is 4.60. The van der Waals surface area contributed by atoms with Crippen LogP contribution in [0.15, 0.2) is 24.3 Å². The fourth-order valence-electron chi connectivity index (χ4n) is 8.25. The molecule has 0 saturated heterocycles. The smallest absolute Gasteiger partial charge is 0.306 e. The number of unbranched alkanes of at least 4 members (excludes halogenated alkanes) is 33. The maximum atomic E-state index is 13.2. The Morgan fingerprint density at radius 2 is 0.833 bits per heavy atom. The number of nitrogens with one attached hydrogen (secondary N) is 1. The number of aliphatic hydroxyl groups excluding tert-OH is 2. The summed E-state index contributed by atoms with van der Waals surface area (Å²) in [6, 6.07) is -0.705. The second-order valence-electron chi connectivity index (χ2n) is 18.3. The van der Waals surface area contributed by atoms with Gasteiger partial charge in [-0.15, -0.1) is 0 Å². The molecule has 0 aliphatic carbocycles. The average Bonchev–Trinajstić information content (AvgIpc) is 3.24.